The molecule has 4 heteroatoms. The van der Waals surface area contributed by atoms with Crippen LogP contribution in [0, 0.1) is 5.21 Å². The maximum Gasteiger partial charge on any atom is 0.242 e. The second-order valence-electron chi connectivity index (χ2n) is 5.51. The van der Waals surface area contributed by atoms with E-state index in [1.165, 1.54) is 0 Å². The lowest BCUT2D eigenvalue weighted by molar-refractivity contribution is -0.591. The highest BCUT2D eigenvalue weighted by Gasteiger charge is 2.30. The van der Waals surface area contributed by atoms with Gasteiger partial charge in [-0.05, 0) is 33.3 Å². The van der Waals surface area contributed by atoms with Crippen LogP contribution in [0.3, 0.4) is 0 Å². The summed E-state index contributed by atoms with van der Waals surface area (Å²) < 4.78 is 0.933. The molecule has 0 bridgehead atoms. The summed E-state index contributed by atoms with van der Waals surface area (Å²) in [5.41, 5.74) is 1.48. The van der Waals surface area contributed by atoms with Crippen molar-refractivity contribution in [1.82, 2.24) is 4.98 Å². The van der Waals surface area contributed by atoms with E-state index in [2.05, 4.69) is 4.98 Å². The highest BCUT2D eigenvalue weighted by atomic mass is 16.5. The van der Waals surface area contributed by atoms with Crippen LogP contribution in [0.15, 0.2) is 30.5 Å². The molecule has 0 atom stereocenters. The smallest absolute Gasteiger partial charge is 0.242 e. The average Bonchev–Trinajstić information content (AvgIpc) is 2.37. The van der Waals surface area contributed by atoms with Gasteiger partial charge in [-0.3, -0.25) is 0 Å². The van der Waals surface area contributed by atoms with Crippen LogP contribution in [0.4, 0.5) is 0 Å². The number of ketones is 1. The number of carbonyl (C=O) groups is 1. The van der Waals surface area contributed by atoms with Gasteiger partial charge in [-0.1, -0.05) is 12.1 Å². The van der Waals surface area contributed by atoms with E-state index in [4.69, 9.17) is 0 Å². The van der Waals surface area contributed by atoms with Gasteiger partial charge in [0, 0.05) is 12.5 Å². The van der Waals surface area contributed by atoms with Crippen LogP contribution in [0.5, 0.6) is 0 Å². The van der Waals surface area contributed by atoms with Gasteiger partial charge in [0.2, 0.25) is 11.2 Å². The number of Topliss-reactive ketones (excluding diaryl/α,β-unsaturated/α-hetero) is 1. The van der Waals surface area contributed by atoms with Gasteiger partial charge in [-0.25, -0.2) is 4.98 Å². The van der Waals surface area contributed by atoms with Gasteiger partial charge in [0.1, 0.15) is 11.3 Å². The molecule has 0 amide bonds. The Morgan fingerprint density at radius 2 is 2.05 bits per heavy atom. The molecule has 1 heterocycles. The number of aromatic nitrogens is 2. The third-order valence-corrected chi connectivity index (χ3v) is 3.44. The zero-order valence-corrected chi connectivity index (χ0v) is 11.5. The van der Waals surface area contributed by atoms with Gasteiger partial charge in [0.05, 0.1) is 11.6 Å². The molecule has 0 radical (unpaired) electrons. The lowest BCUT2D eigenvalue weighted by Gasteiger charge is -2.22. The summed E-state index contributed by atoms with van der Waals surface area (Å²) in [7, 11) is 0. The topological polar surface area (TPSA) is 56.9 Å². The Morgan fingerprint density at radius 3 is 2.74 bits per heavy atom. The molecule has 0 N–H and O–H groups in total. The van der Waals surface area contributed by atoms with Crippen molar-refractivity contribution in [3.63, 3.8) is 0 Å². The molecule has 0 aliphatic heterocycles. The molecular formula is C15H18N2O2. The zero-order chi connectivity index (χ0) is 14.0. The molecule has 0 spiro atoms. The minimum Gasteiger partial charge on any atom is -0.618 e. The van der Waals surface area contributed by atoms with E-state index >= 15 is 0 Å². The SMILES string of the molecule is CC(=O)CCC(C)(C)c1cnc2ccccc2[n+]1[O-]. The summed E-state index contributed by atoms with van der Waals surface area (Å²) in [4.78, 5) is 15.4. The highest BCUT2D eigenvalue weighted by Crippen LogP contribution is 2.26. The van der Waals surface area contributed by atoms with Crippen molar-refractivity contribution >= 4 is 16.8 Å². The monoisotopic (exact) mass is 258 g/mol. The molecule has 100 valence electrons. The Bertz CT molecular complexity index is 621. The summed E-state index contributed by atoms with van der Waals surface area (Å²) in [5, 5.41) is 12.4. The van der Waals surface area contributed by atoms with E-state index in [1.54, 1.807) is 19.2 Å². The Hall–Kier alpha value is -1.97. The van der Waals surface area contributed by atoms with Crippen molar-refractivity contribution in [2.75, 3.05) is 0 Å². The first-order valence-corrected chi connectivity index (χ1v) is 6.39. The van der Waals surface area contributed by atoms with E-state index in [-0.39, 0.29) is 11.2 Å². The van der Waals surface area contributed by atoms with E-state index in [0.29, 0.717) is 29.6 Å². The predicted molar refractivity (Wildman–Crippen MR) is 73.6 cm³/mol. The molecule has 0 fully saturated rings. The lowest BCUT2D eigenvalue weighted by Crippen LogP contribution is -2.40. The van der Waals surface area contributed by atoms with Crippen molar-refractivity contribution in [1.29, 1.82) is 0 Å². The number of rotatable bonds is 4. The average molecular weight is 258 g/mol. The number of hydrogen-bond acceptors (Lipinski definition) is 3. The van der Waals surface area contributed by atoms with Crippen LogP contribution in [0.25, 0.3) is 11.0 Å². The first-order valence-electron chi connectivity index (χ1n) is 6.39. The number of para-hydroxylation sites is 2. The van der Waals surface area contributed by atoms with Crippen molar-refractivity contribution in [2.24, 2.45) is 0 Å². The van der Waals surface area contributed by atoms with Gasteiger partial charge in [0.15, 0.2) is 0 Å². The number of benzene rings is 1. The Labute approximate surface area is 112 Å². The minimum atomic E-state index is -0.371. The second-order valence-corrected chi connectivity index (χ2v) is 5.51. The molecule has 0 aliphatic rings. The molecule has 1 aromatic carbocycles. The molecule has 0 saturated heterocycles. The zero-order valence-electron chi connectivity index (χ0n) is 11.5. The van der Waals surface area contributed by atoms with Crippen LogP contribution in [-0.4, -0.2) is 10.8 Å². The summed E-state index contributed by atoms with van der Waals surface area (Å²) >= 11 is 0. The first kappa shape index (κ1) is 13.5. The standard InChI is InChI=1S/C15H18N2O2/c1-11(18)8-9-15(2,3)14-10-16-12-6-4-5-7-13(12)17(14)19/h4-7,10H,8-9H2,1-3H3. The van der Waals surface area contributed by atoms with E-state index in [1.807, 2.05) is 32.0 Å². The fraction of sp³-hybridized carbons (Fsp3) is 0.400. The van der Waals surface area contributed by atoms with Gasteiger partial charge in [-0.15, -0.1) is 0 Å². The second kappa shape index (κ2) is 4.96. The van der Waals surface area contributed by atoms with Crippen molar-refractivity contribution in [3.8, 4) is 0 Å². The van der Waals surface area contributed by atoms with E-state index < -0.39 is 0 Å². The maximum atomic E-state index is 12.4. The van der Waals surface area contributed by atoms with Crippen LogP contribution in [-0.2, 0) is 10.2 Å². The fourth-order valence-corrected chi connectivity index (χ4v) is 2.12. The van der Waals surface area contributed by atoms with Crippen molar-refractivity contribution < 1.29 is 9.52 Å². The van der Waals surface area contributed by atoms with E-state index in [9.17, 15) is 10.0 Å². The quantitative estimate of drug-likeness (QED) is 0.625. The van der Waals surface area contributed by atoms with Crippen LogP contribution in [0.2, 0.25) is 0 Å². The number of nitrogens with zero attached hydrogens (tertiary/aromatic N) is 2. The minimum absolute atomic E-state index is 0.138. The molecule has 0 saturated carbocycles. The van der Waals surface area contributed by atoms with Gasteiger partial charge in [0.25, 0.3) is 0 Å². The molecule has 19 heavy (non-hydrogen) atoms. The van der Waals surface area contributed by atoms with Crippen molar-refractivity contribution in [3.05, 3.63) is 41.4 Å². The van der Waals surface area contributed by atoms with Crippen molar-refractivity contribution in [2.45, 2.75) is 39.0 Å². The summed E-state index contributed by atoms with van der Waals surface area (Å²) in [6.07, 6.45) is 2.74. The fourth-order valence-electron chi connectivity index (χ4n) is 2.12. The third-order valence-electron chi connectivity index (χ3n) is 3.44. The number of hydrogen-bond donors (Lipinski definition) is 0. The molecule has 0 unspecified atom stereocenters. The summed E-state index contributed by atoms with van der Waals surface area (Å²) in [6.45, 7) is 5.51. The van der Waals surface area contributed by atoms with Gasteiger partial charge < -0.3 is 10.0 Å². The molecule has 2 aromatic rings. The highest BCUT2D eigenvalue weighted by molar-refractivity contribution is 5.75. The van der Waals surface area contributed by atoms with Crippen LogP contribution in [0.1, 0.15) is 39.3 Å². The molecule has 1 aromatic heterocycles. The van der Waals surface area contributed by atoms with Crippen LogP contribution < -0.4 is 4.73 Å². The van der Waals surface area contributed by atoms with Gasteiger partial charge in [-0.2, -0.15) is 4.73 Å². The molecule has 4 nitrogen and oxygen atoms in total. The summed E-state index contributed by atoms with van der Waals surface area (Å²) in [5.74, 6) is 0.138. The van der Waals surface area contributed by atoms with Gasteiger partial charge >= 0.3 is 0 Å². The maximum absolute atomic E-state index is 12.4. The molecular weight excluding hydrogens is 240 g/mol. The summed E-state index contributed by atoms with van der Waals surface area (Å²) in [6, 6.07) is 7.26. The Morgan fingerprint density at radius 1 is 1.37 bits per heavy atom. The van der Waals surface area contributed by atoms with E-state index in [0.717, 1.165) is 4.73 Å². The number of fused-ring (bicyclic) bond motifs is 1. The third kappa shape index (κ3) is 2.72. The predicted octanol–water partition coefficient (Wildman–Crippen LogP) is 2.52. The Kier molecular flexibility index (Phi) is 3.51. The van der Waals surface area contributed by atoms with Crippen LogP contribution >= 0.6 is 0 Å². The number of carbonyl (C=O) groups excluding carboxylic acids is 1. The largest absolute Gasteiger partial charge is 0.618 e. The molecule has 0 aliphatic carbocycles. The lowest BCUT2D eigenvalue weighted by atomic mass is 9.84. The molecule has 2 rings (SSSR count). The first-order chi connectivity index (χ1) is 8.92. The Balaban J connectivity index is 2.44. The normalized spacial score (nSPS) is 11.7.